The van der Waals surface area contributed by atoms with Crippen molar-refractivity contribution in [2.24, 2.45) is 0 Å². The molecule has 0 spiro atoms. The molecule has 0 unspecified atom stereocenters. The van der Waals surface area contributed by atoms with E-state index >= 15 is 0 Å². The Morgan fingerprint density at radius 3 is 1.37 bits per heavy atom. The lowest BCUT2D eigenvalue weighted by atomic mass is 9.87. The molecule has 0 fully saturated rings. The van der Waals surface area contributed by atoms with Crippen LogP contribution in [0.5, 0.6) is 5.75 Å². The number of ether oxygens (including phenoxy) is 1. The van der Waals surface area contributed by atoms with Crippen LogP contribution in [0.3, 0.4) is 0 Å². The van der Waals surface area contributed by atoms with Gasteiger partial charge in [-0.25, -0.2) is 0 Å². The molecule has 0 aliphatic rings. The van der Waals surface area contributed by atoms with Gasteiger partial charge in [-0.15, -0.1) is 13.2 Å². The van der Waals surface area contributed by atoms with E-state index in [-0.39, 0.29) is 5.75 Å². The molecule has 0 aliphatic heterocycles. The molecule has 0 heterocycles. The maximum absolute atomic E-state index is 12.6. The second kappa shape index (κ2) is 8.70. The maximum atomic E-state index is 12.6. The van der Waals surface area contributed by atoms with Gasteiger partial charge in [0.05, 0.1) is 0 Å². The van der Waals surface area contributed by atoms with Crippen LogP contribution in [-0.2, 0) is 0 Å². The number of rotatable bonds is 3. The number of benzene rings is 8. The molecule has 8 aromatic carbocycles. The number of hydrogen-bond acceptors (Lipinski definition) is 1. The quantitative estimate of drug-likeness (QED) is 0.161. The third kappa shape index (κ3) is 3.94. The Morgan fingerprint density at radius 1 is 0.415 bits per heavy atom. The van der Waals surface area contributed by atoms with Gasteiger partial charge >= 0.3 is 6.36 Å². The third-order valence-electron chi connectivity index (χ3n) is 8.01. The van der Waals surface area contributed by atoms with Crippen molar-refractivity contribution in [2.45, 2.75) is 6.36 Å². The second-order valence-electron chi connectivity index (χ2n) is 10.5. The summed E-state index contributed by atoms with van der Waals surface area (Å²) < 4.78 is 41.8. The van der Waals surface area contributed by atoms with Crippen molar-refractivity contribution in [1.29, 1.82) is 0 Å². The Kier molecular flexibility index (Phi) is 5.05. The van der Waals surface area contributed by atoms with E-state index in [0.717, 1.165) is 21.9 Å². The standard InChI is InChI=1S/C37H21F3O/c38-37(39,40)41-31-15-13-22(14-16-31)29-18-25-9-11-27-20-30(21-28-12-10-26(19-29)34(25)35(27)28)36-32-7-3-1-5-23(32)17-24-6-2-4-8-33(24)36/h1-21H. The molecule has 0 atom stereocenters. The van der Waals surface area contributed by atoms with Gasteiger partial charge in [-0.3, -0.25) is 0 Å². The molecular formula is C37H21F3O. The third-order valence-corrected chi connectivity index (χ3v) is 8.01. The van der Waals surface area contributed by atoms with E-state index in [9.17, 15) is 13.2 Å². The molecule has 0 aromatic heterocycles. The summed E-state index contributed by atoms with van der Waals surface area (Å²) in [6.45, 7) is 0. The molecule has 0 N–H and O–H groups in total. The van der Waals surface area contributed by atoms with E-state index in [0.29, 0.717) is 0 Å². The van der Waals surface area contributed by atoms with Gasteiger partial charge in [0, 0.05) is 0 Å². The topological polar surface area (TPSA) is 9.23 Å². The summed E-state index contributed by atoms with van der Waals surface area (Å²) in [5, 5.41) is 11.8. The maximum Gasteiger partial charge on any atom is 0.573 e. The molecule has 0 radical (unpaired) electrons. The zero-order valence-corrected chi connectivity index (χ0v) is 21.7. The molecule has 1 nitrogen and oxygen atoms in total. The van der Waals surface area contributed by atoms with Crippen LogP contribution in [0.2, 0.25) is 0 Å². The molecule has 0 saturated heterocycles. The highest BCUT2D eigenvalue weighted by Crippen LogP contribution is 2.42. The minimum absolute atomic E-state index is 0.228. The summed E-state index contributed by atoms with van der Waals surface area (Å²) in [7, 11) is 0. The largest absolute Gasteiger partial charge is 0.573 e. The smallest absolute Gasteiger partial charge is 0.406 e. The first kappa shape index (κ1) is 23.8. The van der Waals surface area contributed by atoms with Crippen molar-refractivity contribution in [3.05, 3.63) is 127 Å². The van der Waals surface area contributed by atoms with Crippen molar-refractivity contribution in [3.63, 3.8) is 0 Å². The highest BCUT2D eigenvalue weighted by Gasteiger charge is 2.31. The first-order valence-electron chi connectivity index (χ1n) is 13.4. The Bertz CT molecular complexity index is 2140. The van der Waals surface area contributed by atoms with Crippen molar-refractivity contribution < 1.29 is 17.9 Å². The number of alkyl halides is 3. The number of halogens is 3. The molecule has 4 heteroatoms. The summed E-state index contributed by atoms with van der Waals surface area (Å²) in [6.07, 6.45) is -4.71. The molecule has 41 heavy (non-hydrogen) atoms. The van der Waals surface area contributed by atoms with E-state index in [1.807, 2.05) is 0 Å². The summed E-state index contributed by atoms with van der Waals surface area (Å²) in [4.78, 5) is 0. The summed E-state index contributed by atoms with van der Waals surface area (Å²) in [5.74, 6) is -0.228. The molecule has 0 bridgehead atoms. The van der Waals surface area contributed by atoms with Crippen LogP contribution in [-0.4, -0.2) is 6.36 Å². The second-order valence-corrected chi connectivity index (χ2v) is 10.5. The molecule has 0 saturated carbocycles. The van der Waals surface area contributed by atoms with E-state index in [4.69, 9.17) is 0 Å². The van der Waals surface area contributed by atoms with Gasteiger partial charge in [-0.1, -0.05) is 84.9 Å². The van der Waals surface area contributed by atoms with E-state index in [2.05, 4.69) is 108 Å². The van der Waals surface area contributed by atoms with Crippen molar-refractivity contribution in [3.8, 4) is 28.0 Å². The summed E-state index contributed by atoms with van der Waals surface area (Å²) in [6, 6.07) is 42.8. The minimum Gasteiger partial charge on any atom is -0.406 e. The Balaban J connectivity index is 1.31. The average molecular weight is 539 g/mol. The highest BCUT2D eigenvalue weighted by atomic mass is 19.4. The van der Waals surface area contributed by atoms with Crippen molar-refractivity contribution in [2.75, 3.05) is 0 Å². The van der Waals surface area contributed by atoms with Crippen LogP contribution in [0.25, 0.3) is 76.1 Å². The minimum atomic E-state index is -4.71. The first-order chi connectivity index (χ1) is 19.9. The first-order valence-corrected chi connectivity index (χ1v) is 13.4. The average Bonchev–Trinajstić information content (AvgIpc) is 2.97. The molecule has 196 valence electrons. The van der Waals surface area contributed by atoms with Crippen LogP contribution >= 0.6 is 0 Å². The van der Waals surface area contributed by atoms with Gasteiger partial charge in [0.15, 0.2) is 0 Å². The summed E-state index contributed by atoms with van der Waals surface area (Å²) >= 11 is 0. The van der Waals surface area contributed by atoms with E-state index in [1.165, 1.54) is 66.3 Å². The van der Waals surface area contributed by atoms with E-state index in [1.54, 1.807) is 12.1 Å². The normalized spacial score (nSPS) is 12.3. The molecule has 0 amide bonds. The lowest BCUT2D eigenvalue weighted by Crippen LogP contribution is -2.16. The van der Waals surface area contributed by atoms with Gasteiger partial charge in [0.1, 0.15) is 5.75 Å². The van der Waals surface area contributed by atoms with Crippen LogP contribution in [0.4, 0.5) is 13.2 Å². The SMILES string of the molecule is FC(F)(F)Oc1ccc(-c2cc3ccc4cc(-c5c6ccccc6cc6ccccc56)cc5ccc(c2)c3c45)cc1. The Labute approximate surface area is 233 Å². The van der Waals surface area contributed by atoms with Crippen LogP contribution in [0.15, 0.2) is 127 Å². The van der Waals surface area contributed by atoms with Gasteiger partial charge < -0.3 is 4.74 Å². The van der Waals surface area contributed by atoms with Crippen LogP contribution in [0.1, 0.15) is 0 Å². The van der Waals surface area contributed by atoms with Gasteiger partial charge in [-0.05, 0) is 119 Å². The van der Waals surface area contributed by atoms with Crippen LogP contribution < -0.4 is 4.74 Å². The molecule has 8 rings (SSSR count). The summed E-state index contributed by atoms with van der Waals surface area (Å²) in [5.41, 5.74) is 4.20. The van der Waals surface area contributed by atoms with Crippen molar-refractivity contribution >= 4 is 53.9 Å². The van der Waals surface area contributed by atoms with Crippen molar-refractivity contribution in [1.82, 2.24) is 0 Å². The Hall–Kier alpha value is -5.09. The molecular weight excluding hydrogens is 517 g/mol. The zero-order valence-electron chi connectivity index (χ0n) is 21.7. The Morgan fingerprint density at radius 2 is 0.878 bits per heavy atom. The van der Waals surface area contributed by atoms with E-state index < -0.39 is 6.36 Å². The highest BCUT2D eigenvalue weighted by molar-refractivity contribution is 6.25. The molecule has 8 aromatic rings. The number of hydrogen-bond donors (Lipinski definition) is 0. The monoisotopic (exact) mass is 538 g/mol. The predicted octanol–water partition coefficient (Wildman–Crippen LogP) is 11.1. The fourth-order valence-corrected chi connectivity index (χ4v) is 6.32. The fraction of sp³-hybridized carbons (Fsp3) is 0.0270. The zero-order chi connectivity index (χ0) is 27.7. The van der Waals surface area contributed by atoms with Gasteiger partial charge in [-0.2, -0.15) is 0 Å². The fourth-order valence-electron chi connectivity index (χ4n) is 6.32. The molecule has 0 aliphatic carbocycles. The van der Waals surface area contributed by atoms with Gasteiger partial charge in [0.25, 0.3) is 0 Å². The predicted molar refractivity (Wildman–Crippen MR) is 163 cm³/mol. The lowest BCUT2D eigenvalue weighted by molar-refractivity contribution is -0.274. The van der Waals surface area contributed by atoms with Crippen LogP contribution in [0, 0.1) is 0 Å². The number of fused-ring (bicyclic) bond motifs is 2. The van der Waals surface area contributed by atoms with Gasteiger partial charge in [0.2, 0.25) is 0 Å². The lowest BCUT2D eigenvalue weighted by Gasteiger charge is -2.17.